The van der Waals surface area contributed by atoms with Gasteiger partial charge in [0.1, 0.15) is 0 Å². The largest absolute Gasteiger partial charge is 0.493 e. The number of nitrogens with one attached hydrogen (secondary N) is 2. The SMILES string of the molecule is COc1ccc(NC(N)=NCCC(=O)Nc2ccc(Br)cc2)cc1OC. The van der Waals surface area contributed by atoms with Gasteiger partial charge in [0.05, 0.1) is 20.8 Å². The molecule has 1 amide bonds. The van der Waals surface area contributed by atoms with Gasteiger partial charge in [0.15, 0.2) is 17.5 Å². The standard InChI is InChI=1S/C18H21BrN4O3/c1-25-15-8-7-14(11-16(15)26-2)23-18(20)21-10-9-17(24)22-13-5-3-12(19)4-6-13/h3-8,11H,9-10H2,1-2H3,(H,22,24)(H3,20,21,23). The van der Waals surface area contributed by atoms with E-state index in [0.717, 1.165) is 10.2 Å². The fourth-order valence-corrected chi connectivity index (χ4v) is 2.40. The molecule has 0 aliphatic heterocycles. The van der Waals surface area contributed by atoms with Crippen LogP contribution in [0.15, 0.2) is 51.9 Å². The molecule has 0 aromatic heterocycles. The van der Waals surface area contributed by atoms with Crippen LogP contribution in [0.3, 0.4) is 0 Å². The minimum absolute atomic E-state index is 0.130. The zero-order valence-corrected chi connectivity index (χ0v) is 16.2. The molecule has 2 aromatic carbocycles. The van der Waals surface area contributed by atoms with Gasteiger partial charge in [0.2, 0.25) is 5.91 Å². The van der Waals surface area contributed by atoms with Gasteiger partial charge in [-0.2, -0.15) is 0 Å². The van der Waals surface area contributed by atoms with Gasteiger partial charge in [-0.25, -0.2) is 0 Å². The highest BCUT2D eigenvalue weighted by atomic mass is 79.9. The number of hydrogen-bond acceptors (Lipinski definition) is 4. The lowest BCUT2D eigenvalue weighted by molar-refractivity contribution is -0.116. The Balaban J connectivity index is 1.84. The number of ether oxygens (including phenoxy) is 2. The molecular formula is C18H21BrN4O3. The summed E-state index contributed by atoms with van der Waals surface area (Å²) in [5.41, 5.74) is 7.30. The molecule has 8 heteroatoms. The second-order valence-corrected chi connectivity index (χ2v) is 6.18. The lowest BCUT2D eigenvalue weighted by Crippen LogP contribution is -2.23. The maximum Gasteiger partial charge on any atom is 0.226 e. The van der Waals surface area contributed by atoms with Crippen LogP contribution in [-0.2, 0) is 4.79 Å². The number of rotatable bonds is 7. The first-order valence-electron chi connectivity index (χ1n) is 7.86. The zero-order valence-electron chi connectivity index (χ0n) is 14.6. The number of anilines is 2. The summed E-state index contributed by atoms with van der Waals surface area (Å²) < 4.78 is 11.4. The Kier molecular flexibility index (Phi) is 7.28. The molecule has 0 saturated carbocycles. The number of methoxy groups -OCH3 is 2. The van der Waals surface area contributed by atoms with Crippen LogP contribution in [0.4, 0.5) is 11.4 Å². The van der Waals surface area contributed by atoms with Gasteiger partial charge in [-0.15, -0.1) is 0 Å². The minimum Gasteiger partial charge on any atom is -0.493 e. The third-order valence-electron chi connectivity index (χ3n) is 3.40. The predicted octanol–water partition coefficient (Wildman–Crippen LogP) is 3.22. The molecule has 0 bridgehead atoms. The molecule has 0 aliphatic carbocycles. The molecule has 4 N–H and O–H groups in total. The van der Waals surface area contributed by atoms with Crippen molar-refractivity contribution in [3.8, 4) is 11.5 Å². The Labute approximate surface area is 160 Å². The first-order chi connectivity index (χ1) is 12.5. The molecule has 0 aliphatic rings. The third kappa shape index (κ3) is 5.96. The van der Waals surface area contributed by atoms with Crippen molar-refractivity contribution in [2.24, 2.45) is 10.7 Å². The van der Waals surface area contributed by atoms with Crippen molar-refractivity contribution in [2.75, 3.05) is 31.4 Å². The number of guanidine groups is 1. The van der Waals surface area contributed by atoms with Crippen LogP contribution >= 0.6 is 15.9 Å². The van der Waals surface area contributed by atoms with Gasteiger partial charge in [-0.1, -0.05) is 15.9 Å². The Bertz CT molecular complexity index is 779. The summed E-state index contributed by atoms with van der Waals surface area (Å²) in [4.78, 5) is 16.1. The van der Waals surface area contributed by atoms with E-state index < -0.39 is 0 Å². The van der Waals surface area contributed by atoms with E-state index in [0.29, 0.717) is 17.2 Å². The number of aliphatic imine (C=N–C) groups is 1. The normalized spacial score (nSPS) is 11.0. The summed E-state index contributed by atoms with van der Waals surface area (Å²) in [6, 6.07) is 12.7. The fraction of sp³-hybridized carbons (Fsp3) is 0.222. The highest BCUT2D eigenvalue weighted by molar-refractivity contribution is 9.10. The Morgan fingerprint density at radius 2 is 1.69 bits per heavy atom. The second kappa shape index (κ2) is 9.67. The molecule has 0 atom stereocenters. The monoisotopic (exact) mass is 420 g/mol. The van der Waals surface area contributed by atoms with Crippen molar-refractivity contribution in [3.05, 3.63) is 46.9 Å². The molecule has 0 heterocycles. The van der Waals surface area contributed by atoms with Gasteiger partial charge in [0, 0.05) is 28.3 Å². The molecule has 2 rings (SSSR count). The Morgan fingerprint density at radius 3 is 2.35 bits per heavy atom. The van der Waals surface area contributed by atoms with Crippen LogP contribution in [-0.4, -0.2) is 32.6 Å². The molecule has 7 nitrogen and oxygen atoms in total. The lowest BCUT2D eigenvalue weighted by atomic mass is 10.3. The lowest BCUT2D eigenvalue weighted by Gasteiger charge is -2.11. The highest BCUT2D eigenvalue weighted by Gasteiger charge is 2.06. The van der Waals surface area contributed by atoms with E-state index in [-0.39, 0.29) is 24.8 Å². The summed E-state index contributed by atoms with van der Waals surface area (Å²) in [6.07, 6.45) is 0.227. The number of nitrogens with two attached hydrogens (primary N) is 1. The summed E-state index contributed by atoms with van der Waals surface area (Å²) in [5, 5.41) is 5.75. The van der Waals surface area contributed by atoms with E-state index in [9.17, 15) is 4.79 Å². The fourth-order valence-electron chi connectivity index (χ4n) is 2.14. The number of amides is 1. The first kappa shape index (κ1) is 19.6. The third-order valence-corrected chi connectivity index (χ3v) is 3.93. The molecular weight excluding hydrogens is 400 g/mol. The molecule has 0 saturated heterocycles. The van der Waals surface area contributed by atoms with Crippen molar-refractivity contribution in [1.82, 2.24) is 0 Å². The predicted molar refractivity (Wildman–Crippen MR) is 107 cm³/mol. The summed E-state index contributed by atoms with van der Waals surface area (Å²) in [6.45, 7) is 0.272. The number of carbonyl (C=O) groups is 1. The second-order valence-electron chi connectivity index (χ2n) is 5.27. The number of carbonyl (C=O) groups excluding carboxylic acids is 1. The smallest absolute Gasteiger partial charge is 0.226 e. The van der Waals surface area contributed by atoms with E-state index in [1.54, 1.807) is 32.4 Å². The van der Waals surface area contributed by atoms with Crippen molar-refractivity contribution < 1.29 is 14.3 Å². The molecule has 0 unspecified atom stereocenters. The van der Waals surface area contributed by atoms with Gasteiger partial charge < -0.3 is 25.8 Å². The minimum atomic E-state index is -0.130. The Morgan fingerprint density at radius 1 is 1.04 bits per heavy atom. The van der Waals surface area contributed by atoms with Crippen LogP contribution < -0.4 is 25.8 Å². The van der Waals surface area contributed by atoms with Crippen molar-refractivity contribution in [3.63, 3.8) is 0 Å². The van der Waals surface area contributed by atoms with Crippen molar-refractivity contribution in [2.45, 2.75) is 6.42 Å². The van der Waals surface area contributed by atoms with E-state index in [2.05, 4.69) is 31.6 Å². The highest BCUT2D eigenvalue weighted by Crippen LogP contribution is 2.29. The molecule has 0 spiro atoms. The molecule has 0 fully saturated rings. The molecule has 0 radical (unpaired) electrons. The number of nitrogens with zero attached hydrogens (tertiary/aromatic N) is 1. The summed E-state index contributed by atoms with van der Waals surface area (Å²) >= 11 is 3.35. The van der Waals surface area contributed by atoms with E-state index in [4.69, 9.17) is 15.2 Å². The van der Waals surface area contributed by atoms with Gasteiger partial charge >= 0.3 is 0 Å². The van der Waals surface area contributed by atoms with Gasteiger partial charge in [0.25, 0.3) is 0 Å². The van der Waals surface area contributed by atoms with E-state index in [1.807, 2.05) is 24.3 Å². The van der Waals surface area contributed by atoms with Gasteiger partial charge in [-0.3, -0.25) is 9.79 Å². The maximum absolute atomic E-state index is 11.9. The van der Waals surface area contributed by atoms with Crippen LogP contribution in [0, 0.1) is 0 Å². The zero-order chi connectivity index (χ0) is 18.9. The number of halogens is 1. The molecule has 2 aromatic rings. The van der Waals surface area contributed by atoms with E-state index >= 15 is 0 Å². The quantitative estimate of drug-likeness (QED) is 0.471. The molecule has 138 valence electrons. The maximum atomic E-state index is 11.9. The molecule has 26 heavy (non-hydrogen) atoms. The number of benzene rings is 2. The van der Waals surface area contributed by atoms with Crippen LogP contribution in [0.1, 0.15) is 6.42 Å². The average Bonchev–Trinajstić information content (AvgIpc) is 2.63. The van der Waals surface area contributed by atoms with Crippen LogP contribution in [0.25, 0.3) is 0 Å². The average molecular weight is 421 g/mol. The Hall–Kier alpha value is -2.74. The summed E-state index contributed by atoms with van der Waals surface area (Å²) in [7, 11) is 3.13. The van der Waals surface area contributed by atoms with Crippen molar-refractivity contribution >= 4 is 39.2 Å². The van der Waals surface area contributed by atoms with Gasteiger partial charge in [-0.05, 0) is 36.4 Å². The van der Waals surface area contributed by atoms with Crippen molar-refractivity contribution in [1.29, 1.82) is 0 Å². The van der Waals surface area contributed by atoms with Crippen LogP contribution in [0.5, 0.6) is 11.5 Å². The first-order valence-corrected chi connectivity index (χ1v) is 8.65. The van der Waals surface area contributed by atoms with E-state index in [1.165, 1.54) is 0 Å². The summed E-state index contributed by atoms with van der Waals surface area (Å²) in [5.74, 6) is 1.29. The number of hydrogen-bond donors (Lipinski definition) is 3. The topological polar surface area (TPSA) is 98.0 Å². The van der Waals surface area contributed by atoms with Crippen LogP contribution in [0.2, 0.25) is 0 Å².